The van der Waals surface area contributed by atoms with Gasteiger partial charge < -0.3 is 15.0 Å². The Morgan fingerprint density at radius 3 is 2.65 bits per heavy atom. The molecule has 0 saturated carbocycles. The molecule has 0 aliphatic rings. The highest BCUT2D eigenvalue weighted by molar-refractivity contribution is 5.68. The van der Waals surface area contributed by atoms with Crippen molar-refractivity contribution in [2.75, 3.05) is 20.7 Å². The summed E-state index contributed by atoms with van der Waals surface area (Å²) in [5, 5.41) is 3.13. The van der Waals surface area contributed by atoms with E-state index in [9.17, 15) is 0 Å². The van der Waals surface area contributed by atoms with Crippen molar-refractivity contribution in [2.45, 2.75) is 27.2 Å². The third-order valence-electron chi connectivity index (χ3n) is 3.76. The topological polar surface area (TPSA) is 49.9 Å². The number of ether oxygens (including phenoxy) is 1. The van der Waals surface area contributed by atoms with Crippen LogP contribution in [0.1, 0.15) is 22.5 Å². The number of nitrogens with zero attached hydrogens (tertiary/aromatic N) is 1. The summed E-state index contributed by atoms with van der Waals surface area (Å²) >= 11 is 0. The molecule has 0 aliphatic carbocycles. The van der Waals surface area contributed by atoms with E-state index in [0.29, 0.717) is 0 Å². The summed E-state index contributed by atoms with van der Waals surface area (Å²) in [5.41, 5.74) is 5.84. The smallest absolute Gasteiger partial charge is 0.124 e. The third kappa shape index (κ3) is 2.70. The first-order valence-corrected chi connectivity index (χ1v) is 6.92. The lowest BCUT2D eigenvalue weighted by Crippen LogP contribution is -2.11. The van der Waals surface area contributed by atoms with Crippen LogP contribution in [0.25, 0.3) is 11.3 Å². The molecule has 0 atom stereocenters. The van der Waals surface area contributed by atoms with Gasteiger partial charge in [-0.05, 0) is 50.6 Å². The van der Waals surface area contributed by atoms with E-state index < -0.39 is 0 Å². The van der Waals surface area contributed by atoms with Crippen molar-refractivity contribution in [2.24, 2.45) is 0 Å². The molecule has 0 bridgehead atoms. The second-order valence-corrected chi connectivity index (χ2v) is 5.12. The van der Waals surface area contributed by atoms with Crippen LogP contribution in [0.5, 0.6) is 5.75 Å². The molecule has 20 heavy (non-hydrogen) atoms. The number of rotatable bonds is 5. The van der Waals surface area contributed by atoms with Crippen molar-refractivity contribution in [3.8, 4) is 17.0 Å². The van der Waals surface area contributed by atoms with E-state index in [1.54, 1.807) is 7.11 Å². The highest BCUT2D eigenvalue weighted by Gasteiger charge is 2.13. The van der Waals surface area contributed by atoms with Gasteiger partial charge in [-0.25, -0.2) is 4.98 Å². The Bertz CT molecular complexity index is 602. The summed E-state index contributed by atoms with van der Waals surface area (Å²) in [6.07, 6.45) is 2.82. The molecular formula is C16H23N3O. The lowest BCUT2D eigenvalue weighted by molar-refractivity contribution is 0.408. The Morgan fingerprint density at radius 1 is 1.25 bits per heavy atom. The minimum Gasteiger partial charge on any atom is -0.496 e. The fourth-order valence-corrected chi connectivity index (χ4v) is 2.52. The number of likely N-dealkylation sites (N-methyl/N-ethyl adjacent to an activating group) is 1. The van der Waals surface area contributed by atoms with Crippen molar-refractivity contribution < 1.29 is 4.74 Å². The van der Waals surface area contributed by atoms with E-state index in [0.717, 1.165) is 35.8 Å². The zero-order valence-electron chi connectivity index (χ0n) is 12.9. The van der Waals surface area contributed by atoms with Crippen molar-refractivity contribution in [3.05, 3.63) is 34.8 Å². The summed E-state index contributed by atoms with van der Waals surface area (Å²) < 4.78 is 5.47. The average Bonchev–Trinajstić information content (AvgIpc) is 2.89. The van der Waals surface area contributed by atoms with Gasteiger partial charge >= 0.3 is 0 Å². The SMILES string of the molecule is CNCCc1ncc(-c2cc(C)c(OC)c(C)c2C)[nH]1. The number of methoxy groups -OCH3 is 1. The van der Waals surface area contributed by atoms with Crippen LogP contribution in [-0.4, -0.2) is 30.7 Å². The Balaban J connectivity index is 2.40. The first kappa shape index (κ1) is 14.6. The first-order valence-electron chi connectivity index (χ1n) is 6.92. The molecular weight excluding hydrogens is 250 g/mol. The number of hydrogen-bond acceptors (Lipinski definition) is 3. The number of H-pyrrole nitrogens is 1. The fraction of sp³-hybridized carbons (Fsp3) is 0.438. The lowest BCUT2D eigenvalue weighted by atomic mass is 9.97. The molecule has 0 fully saturated rings. The van der Waals surface area contributed by atoms with Gasteiger partial charge in [-0.15, -0.1) is 0 Å². The van der Waals surface area contributed by atoms with Crippen LogP contribution in [0.4, 0.5) is 0 Å². The molecule has 1 aromatic heterocycles. The predicted octanol–water partition coefficient (Wildman–Crippen LogP) is 2.77. The van der Waals surface area contributed by atoms with Crippen LogP contribution in [-0.2, 0) is 6.42 Å². The Labute approximate surface area is 120 Å². The molecule has 2 rings (SSSR count). The standard InChI is InChI=1S/C16H23N3O/c1-10-8-13(11(2)12(3)16(10)20-5)14-9-18-15(19-14)6-7-17-4/h8-9,17H,6-7H2,1-5H3,(H,18,19). The maximum absolute atomic E-state index is 5.47. The van der Waals surface area contributed by atoms with Crippen LogP contribution in [0.2, 0.25) is 0 Å². The average molecular weight is 273 g/mol. The van der Waals surface area contributed by atoms with E-state index in [-0.39, 0.29) is 0 Å². The minimum atomic E-state index is 0.906. The Kier molecular flexibility index (Phi) is 4.45. The molecule has 2 aromatic rings. The van der Waals surface area contributed by atoms with Crippen molar-refractivity contribution >= 4 is 0 Å². The zero-order chi connectivity index (χ0) is 14.7. The van der Waals surface area contributed by atoms with Crippen LogP contribution in [0, 0.1) is 20.8 Å². The molecule has 4 heteroatoms. The van der Waals surface area contributed by atoms with E-state index in [1.165, 1.54) is 16.7 Å². The predicted molar refractivity (Wildman–Crippen MR) is 82.4 cm³/mol. The molecule has 108 valence electrons. The maximum atomic E-state index is 5.47. The van der Waals surface area contributed by atoms with Crippen molar-refractivity contribution in [3.63, 3.8) is 0 Å². The molecule has 1 aromatic carbocycles. The maximum Gasteiger partial charge on any atom is 0.124 e. The molecule has 2 N–H and O–H groups in total. The molecule has 1 heterocycles. The molecule has 0 spiro atoms. The largest absolute Gasteiger partial charge is 0.496 e. The summed E-state index contributed by atoms with van der Waals surface area (Å²) in [6, 6.07) is 2.16. The molecule has 0 radical (unpaired) electrons. The van der Waals surface area contributed by atoms with Gasteiger partial charge in [0, 0.05) is 18.5 Å². The van der Waals surface area contributed by atoms with Crippen molar-refractivity contribution in [1.29, 1.82) is 0 Å². The summed E-state index contributed by atoms with van der Waals surface area (Å²) in [6.45, 7) is 7.23. The first-order chi connectivity index (χ1) is 9.58. The second kappa shape index (κ2) is 6.09. The zero-order valence-corrected chi connectivity index (χ0v) is 12.9. The van der Waals surface area contributed by atoms with Gasteiger partial charge in [0.05, 0.1) is 19.0 Å². The molecule has 0 amide bonds. The van der Waals surface area contributed by atoms with Crippen molar-refractivity contribution in [1.82, 2.24) is 15.3 Å². The highest BCUT2D eigenvalue weighted by Crippen LogP contribution is 2.33. The van der Waals surface area contributed by atoms with Crippen LogP contribution in [0.15, 0.2) is 12.3 Å². The van der Waals surface area contributed by atoms with Gasteiger partial charge in [-0.2, -0.15) is 0 Å². The van der Waals surface area contributed by atoms with Gasteiger partial charge in [-0.3, -0.25) is 0 Å². The van der Waals surface area contributed by atoms with E-state index in [4.69, 9.17) is 4.74 Å². The molecule has 0 aliphatic heterocycles. The van der Waals surface area contributed by atoms with E-state index >= 15 is 0 Å². The van der Waals surface area contributed by atoms with Gasteiger partial charge in [0.2, 0.25) is 0 Å². The van der Waals surface area contributed by atoms with E-state index in [2.05, 4.69) is 42.1 Å². The number of imidazole rings is 1. The van der Waals surface area contributed by atoms with Gasteiger partial charge in [0.25, 0.3) is 0 Å². The second-order valence-electron chi connectivity index (χ2n) is 5.12. The number of nitrogens with one attached hydrogen (secondary N) is 2. The Morgan fingerprint density at radius 2 is 2.00 bits per heavy atom. The Hall–Kier alpha value is -1.81. The number of benzene rings is 1. The summed E-state index contributed by atoms with van der Waals surface area (Å²) in [4.78, 5) is 7.85. The van der Waals surface area contributed by atoms with Crippen LogP contribution in [0.3, 0.4) is 0 Å². The number of aromatic amines is 1. The number of aryl methyl sites for hydroxylation is 1. The number of aromatic nitrogens is 2. The quantitative estimate of drug-likeness (QED) is 0.880. The molecule has 0 saturated heterocycles. The van der Waals surface area contributed by atoms with Crippen LogP contribution < -0.4 is 10.1 Å². The molecule has 0 unspecified atom stereocenters. The highest BCUT2D eigenvalue weighted by atomic mass is 16.5. The molecule has 4 nitrogen and oxygen atoms in total. The summed E-state index contributed by atoms with van der Waals surface area (Å²) in [5.74, 6) is 1.99. The lowest BCUT2D eigenvalue weighted by Gasteiger charge is -2.14. The normalized spacial score (nSPS) is 10.8. The fourth-order valence-electron chi connectivity index (χ4n) is 2.52. The minimum absolute atomic E-state index is 0.906. The summed E-state index contributed by atoms with van der Waals surface area (Å²) in [7, 11) is 3.67. The number of hydrogen-bond donors (Lipinski definition) is 2. The van der Waals surface area contributed by atoms with Gasteiger partial charge in [0.15, 0.2) is 0 Å². The van der Waals surface area contributed by atoms with E-state index in [1.807, 2.05) is 13.2 Å². The van der Waals surface area contributed by atoms with Gasteiger partial charge in [0.1, 0.15) is 11.6 Å². The monoisotopic (exact) mass is 273 g/mol. The van der Waals surface area contributed by atoms with Gasteiger partial charge in [-0.1, -0.05) is 0 Å². The third-order valence-corrected chi connectivity index (χ3v) is 3.76. The van der Waals surface area contributed by atoms with Crippen LogP contribution >= 0.6 is 0 Å².